The van der Waals surface area contributed by atoms with Gasteiger partial charge in [-0.05, 0) is 18.2 Å². The summed E-state index contributed by atoms with van der Waals surface area (Å²) in [5, 5.41) is 13.1. The lowest BCUT2D eigenvalue weighted by Crippen LogP contribution is -1.99. The highest BCUT2D eigenvalue weighted by Gasteiger charge is 2.11. The highest BCUT2D eigenvalue weighted by Crippen LogP contribution is 2.18. The van der Waals surface area contributed by atoms with E-state index < -0.39 is 16.6 Å². The van der Waals surface area contributed by atoms with Gasteiger partial charge in [-0.15, -0.1) is 0 Å². The van der Waals surface area contributed by atoms with Crippen LogP contribution in [0.25, 0.3) is 0 Å². The van der Waals surface area contributed by atoms with E-state index in [-0.39, 0.29) is 18.1 Å². The van der Waals surface area contributed by atoms with Crippen LogP contribution in [0.1, 0.15) is 5.76 Å². The number of benzene rings is 1. The van der Waals surface area contributed by atoms with Gasteiger partial charge in [0.25, 0.3) is 0 Å². The highest BCUT2D eigenvalue weighted by atomic mass is 19.1. The molecule has 1 aromatic carbocycles. The summed E-state index contributed by atoms with van der Waals surface area (Å²) in [4.78, 5) is 9.71. The molecule has 0 saturated carbocycles. The molecule has 0 unspecified atom stereocenters. The zero-order chi connectivity index (χ0) is 13.1. The first-order chi connectivity index (χ1) is 8.54. The van der Waals surface area contributed by atoms with E-state index >= 15 is 0 Å². The second-order valence-corrected chi connectivity index (χ2v) is 3.51. The largest absolute Gasteiger partial charge is 0.433 e. The Balaban J connectivity index is 2.04. The predicted molar refractivity (Wildman–Crippen MR) is 59.0 cm³/mol. The van der Waals surface area contributed by atoms with Crippen LogP contribution in [0.5, 0.6) is 0 Å². The van der Waals surface area contributed by atoms with Crippen LogP contribution >= 0.6 is 0 Å². The second kappa shape index (κ2) is 4.82. The van der Waals surface area contributed by atoms with E-state index in [2.05, 4.69) is 5.32 Å². The van der Waals surface area contributed by atoms with Gasteiger partial charge < -0.3 is 9.73 Å². The van der Waals surface area contributed by atoms with Crippen molar-refractivity contribution in [3.63, 3.8) is 0 Å². The van der Waals surface area contributed by atoms with E-state index in [1.807, 2.05) is 0 Å². The molecule has 2 rings (SSSR count). The Morgan fingerprint density at radius 3 is 2.44 bits per heavy atom. The Hall–Kier alpha value is -2.44. The van der Waals surface area contributed by atoms with E-state index in [9.17, 15) is 18.9 Å². The van der Waals surface area contributed by atoms with Gasteiger partial charge in [-0.25, -0.2) is 8.78 Å². The van der Waals surface area contributed by atoms with Gasteiger partial charge in [0.05, 0.1) is 12.6 Å². The summed E-state index contributed by atoms with van der Waals surface area (Å²) in [6.07, 6.45) is 0. The minimum absolute atomic E-state index is 0.0940. The van der Waals surface area contributed by atoms with Gasteiger partial charge in [0.15, 0.2) is 0 Å². The maximum Gasteiger partial charge on any atom is 0.433 e. The number of furan rings is 1. The quantitative estimate of drug-likeness (QED) is 0.672. The Morgan fingerprint density at radius 2 is 1.89 bits per heavy atom. The summed E-state index contributed by atoms with van der Waals surface area (Å²) < 4.78 is 30.6. The molecule has 0 radical (unpaired) electrons. The molecule has 94 valence electrons. The molecular formula is C11H8F2N2O3. The van der Waals surface area contributed by atoms with Gasteiger partial charge in [0.1, 0.15) is 22.3 Å². The third-order valence-corrected chi connectivity index (χ3v) is 2.16. The highest BCUT2D eigenvalue weighted by molar-refractivity contribution is 5.43. The van der Waals surface area contributed by atoms with Gasteiger partial charge >= 0.3 is 5.88 Å². The van der Waals surface area contributed by atoms with Crippen molar-refractivity contribution >= 4 is 11.6 Å². The zero-order valence-electron chi connectivity index (χ0n) is 9.02. The molecule has 0 fully saturated rings. The zero-order valence-corrected chi connectivity index (χ0v) is 9.02. The molecule has 1 N–H and O–H groups in total. The average molecular weight is 254 g/mol. The van der Waals surface area contributed by atoms with Crippen molar-refractivity contribution in [2.45, 2.75) is 6.54 Å². The van der Waals surface area contributed by atoms with Crippen LogP contribution in [0.15, 0.2) is 34.7 Å². The Bertz CT molecular complexity index is 563. The van der Waals surface area contributed by atoms with Crippen LogP contribution in [0.4, 0.5) is 20.4 Å². The van der Waals surface area contributed by atoms with Crippen LogP contribution in [-0.2, 0) is 6.54 Å². The Labute approximate surface area is 100 Å². The number of anilines is 1. The van der Waals surface area contributed by atoms with Crippen molar-refractivity contribution in [3.05, 3.63) is 57.8 Å². The average Bonchev–Trinajstić information content (AvgIpc) is 2.73. The summed E-state index contributed by atoms with van der Waals surface area (Å²) in [5.74, 6) is -1.49. The number of nitrogens with one attached hydrogen (secondary N) is 1. The fraction of sp³-hybridized carbons (Fsp3) is 0.0909. The van der Waals surface area contributed by atoms with Crippen molar-refractivity contribution in [1.29, 1.82) is 0 Å². The molecule has 0 aliphatic carbocycles. The standard InChI is InChI=1S/C11H8F2N2O3/c12-7-3-8(13)5-9(4-7)14-6-10-1-2-11(18-10)15(16)17/h1-5,14H,6H2. The molecule has 1 aromatic heterocycles. The smallest absolute Gasteiger partial charge is 0.404 e. The molecule has 1 heterocycles. The fourth-order valence-electron chi connectivity index (χ4n) is 1.40. The SMILES string of the molecule is O=[N+]([O-])c1ccc(CNc2cc(F)cc(F)c2)o1. The molecule has 2 aromatic rings. The van der Waals surface area contributed by atoms with Crippen molar-refractivity contribution in [2.24, 2.45) is 0 Å². The minimum atomic E-state index is -0.706. The third-order valence-electron chi connectivity index (χ3n) is 2.16. The lowest BCUT2D eigenvalue weighted by molar-refractivity contribution is -0.402. The summed E-state index contributed by atoms with van der Waals surface area (Å²) >= 11 is 0. The van der Waals surface area contributed by atoms with E-state index in [4.69, 9.17) is 4.42 Å². The molecule has 0 atom stereocenters. The number of halogens is 2. The molecule has 5 nitrogen and oxygen atoms in total. The van der Waals surface area contributed by atoms with E-state index in [0.29, 0.717) is 5.76 Å². The molecule has 0 spiro atoms. The molecule has 0 aliphatic heterocycles. The normalized spacial score (nSPS) is 10.3. The molecule has 7 heteroatoms. The van der Waals surface area contributed by atoms with Crippen molar-refractivity contribution in [3.8, 4) is 0 Å². The molecule has 0 saturated heterocycles. The summed E-state index contributed by atoms with van der Waals surface area (Å²) in [6.45, 7) is 0.0940. The maximum atomic E-state index is 12.9. The number of hydrogen-bond donors (Lipinski definition) is 1. The van der Waals surface area contributed by atoms with Gasteiger partial charge in [0, 0.05) is 11.8 Å². The van der Waals surface area contributed by atoms with Crippen LogP contribution in [0, 0.1) is 21.7 Å². The van der Waals surface area contributed by atoms with Crippen LogP contribution in [0.2, 0.25) is 0 Å². The number of nitro groups is 1. The first kappa shape index (κ1) is 12.0. The number of rotatable bonds is 4. The summed E-state index contributed by atoms with van der Waals surface area (Å²) in [7, 11) is 0. The van der Waals surface area contributed by atoms with E-state index in [1.54, 1.807) is 0 Å². The first-order valence-electron chi connectivity index (χ1n) is 4.97. The van der Waals surface area contributed by atoms with Crippen molar-refractivity contribution in [1.82, 2.24) is 0 Å². The molecule has 0 aliphatic rings. The second-order valence-electron chi connectivity index (χ2n) is 3.51. The molecular weight excluding hydrogens is 246 g/mol. The lowest BCUT2D eigenvalue weighted by Gasteiger charge is -2.04. The predicted octanol–water partition coefficient (Wildman–Crippen LogP) is 3.08. The Morgan fingerprint density at radius 1 is 1.22 bits per heavy atom. The van der Waals surface area contributed by atoms with Crippen LogP contribution < -0.4 is 5.32 Å². The van der Waals surface area contributed by atoms with Crippen LogP contribution in [0.3, 0.4) is 0 Å². The third kappa shape index (κ3) is 2.82. The molecule has 18 heavy (non-hydrogen) atoms. The number of nitrogens with zero attached hydrogens (tertiary/aromatic N) is 1. The van der Waals surface area contributed by atoms with Gasteiger partial charge in [-0.3, -0.25) is 10.1 Å². The maximum absolute atomic E-state index is 12.9. The topological polar surface area (TPSA) is 68.3 Å². The van der Waals surface area contributed by atoms with Crippen LogP contribution in [-0.4, -0.2) is 4.92 Å². The first-order valence-corrected chi connectivity index (χ1v) is 4.97. The monoisotopic (exact) mass is 254 g/mol. The minimum Gasteiger partial charge on any atom is -0.404 e. The Kier molecular flexibility index (Phi) is 3.22. The van der Waals surface area contributed by atoms with Crippen molar-refractivity contribution in [2.75, 3.05) is 5.32 Å². The fourth-order valence-corrected chi connectivity index (χ4v) is 1.40. The molecule has 0 bridgehead atoms. The summed E-state index contributed by atoms with van der Waals surface area (Å²) in [5.41, 5.74) is 0.228. The van der Waals surface area contributed by atoms with Gasteiger partial charge in [-0.2, -0.15) is 0 Å². The van der Waals surface area contributed by atoms with Gasteiger partial charge in [-0.1, -0.05) is 0 Å². The lowest BCUT2D eigenvalue weighted by atomic mass is 10.3. The van der Waals surface area contributed by atoms with E-state index in [1.165, 1.54) is 12.1 Å². The molecule has 0 amide bonds. The summed E-state index contributed by atoms with van der Waals surface area (Å²) in [6, 6.07) is 5.60. The number of hydrogen-bond acceptors (Lipinski definition) is 4. The van der Waals surface area contributed by atoms with Crippen molar-refractivity contribution < 1.29 is 18.1 Å². The van der Waals surface area contributed by atoms with Gasteiger partial charge in [0.2, 0.25) is 0 Å². The van der Waals surface area contributed by atoms with E-state index in [0.717, 1.165) is 18.2 Å².